The van der Waals surface area contributed by atoms with Crippen LogP contribution in [-0.2, 0) is 0 Å². The monoisotopic (exact) mass is 373 g/mol. The van der Waals surface area contributed by atoms with E-state index in [4.69, 9.17) is 0 Å². The highest BCUT2D eigenvalue weighted by Gasteiger charge is 2.29. The Morgan fingerprint density at radius 1 is 0.963 bits per heavy atom. The van der Waals surface area contributed by atoms with Gasteiger partial charge in [0.05, 0.1) is 0 Å². The zero-order valence-electron chi connectivity index (χ0n) is 14.7. The molecule has 0 spiro atoms. The molecule has 1 aliphatic rings. The highest BCUT2D eigenvalue weighted by molar-refractivity contribution is 7.18. The average Bonchev–Trinajstić information content (AvgIpc) is 3.38. The van der Waals surface area contributed by atoms with Gasteiger partial charge in [0.25, 0.3) is 0 Å². The van der Waals surface area contributed by atoms with Crippen molar-refractivity contribution in [1.29, 1.82) is 0 Å². The Labute approximate surface area is 161 Å². The van der Waals surface area contributed by atoms with Crippen molar-refractivity contribution in [3.8, 4) is 10.6 Å². The minimum absolute atomic E-state index is 0.316. The maximum absolute atomic E-state index is 4.40. The first-order valence-corrected chi connectivity index (χ1v) is 9.88. The van der Waals surface area contributed by atoms with Crippen LogP contribution in [0, 0.1) is 0 Å². The summed E-state index contributed by atoms with van der Waals surface area (Å²) >= 11 is 1.60. The molecular weight excluding hydrogens is 354 g/mol. The van der Waals surface area contributed by atoms with Crippen molar-refractivity contribution in [1.82, 2.24) is 20.5 Å². The van der Waals surface area contributed by atoms with Gasteiger partial charge in [0, 0.05) is 48.4 Å². The number of hydrogen-bond acceptors (Lipinski definition) is 6. The fourth-order valence-electron chi connectivity index (χ4n) is 3.65. The van der Waals surface area contributed by atoms with Crippen LogP contribution in [0.25, 0.3) is 21.3 Å². The average molecular weight is 373 g/mol. The van der Waals surface area contributed by atoms with E-state index in [1.807, 2.05) is 18.5 Å². The third kappa shape index (κ3) is 3.29. The highest BCUT2D eigenvalue weighted by Crippen LogP contribution is 2.31. The van der Waals surface area contributed by atoms with Gasteiger partial charge in [-0.2, -0.15) is 0 Å². The second-order valence-electron chi connectivity index (χ2n) is 6.78. The number of anilines is 1. The SMILES string of the molecule is c1ccc(C2CNCC2Nc2nnc(-c3ccc4cnccc4c3)s2)cc1. The maximum atomic E-state index is 4.40. The van der Waals surface area contributed by atoms with Gasteiger partial charge in [0.2, 0.25) is 5.13 Å². The summed E-state index contributed by atoms with van der Waals surface area (Å²) in [5.41, 5.74) is 2.44. The smallest absolute Gasteiger partial charge is 0.206 e. The molecule has 2 N–H and O–H groups in total. The number of hydrogen-bond donors (Lipinski definition) is 2. The number of fused-ring (bicyclic) bond motifs is 1. The Hall–Kier alpha value is -2.83. The van der Waals surface area contributed by atoms with Gasteiger partial charge in [-0.1, -0.05) is 53.8 Å². The lowest BCUT2D eigenvalue weighted by molar-refractivity contribution is 0.691. The van der Waals surface area contributed by atoms with Gasteiger partial charge >= 0.3 is 0 Å². The summed E-state index contributed by atoms with van der Waals surface area (Å²) in [6.07, 6.45) is 3.69. The topological polar surface area (TPSA) is 62.7 Å². The van der Waals surface area contributed by atoms with Crippen molar-refractivity contribution in [3.05, 3.63) is 72.6 Å². The van der Waals surface area contributed by atoms with Crippen molar-refractivity contribution in [2.24, 2.45) is 0 Å². The third-order valence-corrected chi connectivity index (χ3v) is 5.97. The number of rotatable bonds is 4. The first-order valence-electron chi connectivity index (χ1n) is 9.07. The molecule has 2 unspecified atom stereocenters. The van der Waals surface area contributed by atoms with Gasteiger partial charge in [-0.3, -0.25) is 4.98 Å². The molecule has 5 nitrogen and oxygen atoms in total. The molecule has 2 aromatic heterocycles. The second kappa shape index (κ2) is 7.06. The molecule has 2 aromatic carbocycles. The molecule has 5 rings (SSSR count). The molecular formula is C21H19N5S. The lowest BCUT2D eigenvalue weighted by Gasteiger charge is -2.19. The van der Waals surface area contributed by atoms with Crippen LogP contribution in [-0.4, -0.2) is 34.3 Å². The van der Waals surface area contributed by atoms with Gasteiger partial charge in [0.15, 0.2) is 0 Å². The standard InChI is InChI=1S/C21H19N5S/c1-2-4-14(5-3-1)18-12-23-13-19(18)24-21-26-25-20(27-21)16-6-7-17-11-22-9-8-15(17)10-16/h1-11,18-19,23H,12-13H2,(H,24,26). The Kier molecular flexibility index (Phi) is 4.27. The molecule has 2 atom stereocenters. The molecule has 6 heteroatoms. The molecule has 0 aliphatic carbocycles. The van der Waals surface area contributed by atoms with E-state index < -0.39 is 0 Å². The molecule has 1 aliphatic heterocycles. The number of nitrogens with zero attached hydrogens (tertiary/aromatic N) is 3. The van der Waals surface area contributed by atoms with E-state index in [2.05, 4.69) is 74.3 Å². The molecule has 1 saturated heterocycles. The van der Waals surface area contributed by atoms with Crippen LogP contribution in [0.1, 0.15) is 11.5 Å². The quantitative estimate of drug-likeness (QED) is 0.568. The van der Waals surface area contributed by atoms with E-state index in [0.29, 0.717) is 12.0 Å². The van der Waals surface area contributed by atoms with Gasteiger partial charge in [-0.05, 0) is 23.1 Å². The first kappa shape index (κ1) is 16.4. The van der Waals surface area contributed by atoms with E-state index in [9.17, 15) is 0 Å². The van der Waals surface area contributed by atoms with Crippen LogP contribution in [0.15, 0.2) is 67.0 Å². The minimum Gasteiger partial charge on any atom is -0.355 e. The summed E-state index contributed by atoms with van der Waals surface area (Å²) < 4.78 is 0. The lowest BCUT2D eigenvalue weighted by Crippen LogP contribution is -2.27. The summed E-state index contributed by atoms with van der Waals surface area (Å²) in [5.74, 6) is 0.437. The fourth-order valence-corrected chi connectivity index (χ4v) is 4.46. The normalized spacial score (nSPS) is 19.4. The molecule has 27 heavy (non-hydrogen) atoms. The minimum atomic E-state index is 0.316. The predicted molar refractivity (Wildman–Crippen MR) is 110 cm³/mol. The highest BCUT2D eigenvalue weighted by atomic mass is 32.1. The predicted octanol–water partition coefficient (Wildman–Crippen LogP) is 3.92. The lowest BCUT2D eigenvalue weighted by atomic mass is 9.94. The van der Waals surface area contributed by atoms with Crippen LogP contribution < -0.4 is 10.6 Å². The third-order valence-electron chi connectivity index (χ3n) is 5.06. The van der Waals surface area contributed by atoms with Gasteiger partial charge in [-0.25, -0.2) is 0 Å². The molecule has 0 radical (unpaired) electrons. The molecule has 3 heterocycles. The largest absolute Gasteiger partial charge is 0.355 e. The fraction of sp³-hybridized carbons (Fsp3) is 0.190. The number of benzene rings is 2. The van der Waals surface area contributed by atoms with E-state index >= 15 is 0 Å². The summed E-state index contributed by atoms with van der Waals surface area (Å²) in [6.45, 7) is 1.91. The molecule has 0 bridgehead atoms. The number of pyridine rings is 1. The zero-order valence-corrected chi connectivity index (χ0v) is 15.5. The van der Waals surface area contributed by atoms with Crippen molar-refractivity contribution < 1.29 is 0 Å². The second-order valence-corrected chi connectivity index (χ2v) is 7.75. The van der Waals surface area contributed by atoms with Crippen LogP contribution in [0.4, 0.5) is 5.13 Å². The first-order chi connectivity index (χ1) is 13.4. The van der Waals surface area contributed by atoms with Crippen LogP contribution in [0.2, 0.25) is 0 Å². The summed E-state index contributed by atoms with van der Waals surface area (Å²) in [4.78, 5) is 4.17. The zero-order chi connectivity index (χ0) is 18.1. The van der Waals surface area contributed by atoms with Crippen LogP contribution in [0.5, 0.6) is 0 Å². The van der Waals surface area contributed by atoms with Crippen molar-refractivity contribution in [2.45, 2.75) is 12.0 Å². The van der Waals surface area contributed by atoms with Crippen molar-refractivity contribution in [3.63, 3.8) is 0 Å². The molecule has 1 fully saturated rings. The van der Waals surface area contributed by atoms with E-state index in [-0.39, 0.29) is 0 Å². The maximum Gasteiger partial charge on any atom is 0.206 e. The van der Waals surface area contributed by atoms with Crippen LogP contribution in [0.3, 0.4) is 0 Å². The molecule has 0 saturated carbocycles. The van der Waals surface area contributed by atoms with Crippen LogP contribution >= 0.6 is 11.3 Å². The van der Waals surface area contributed by atoms with E-state index in [0.717, 1.165) is 39.6 Å². The summed E-state index contributed by atoms with van der Waals surface area (Å²) in [5, 5.41) is 20.0. The summed E-state index contributed by atoms with van der Waals surface area (Å²) in [7, 11) is 0. The number of aromatic nitrogens is 3. The summed E-state index contributed by atoms with van der Waals surface area (Å²) in [6, 6.07) is 19.3. The molecule has 0 amide bonds. The Balaban J connectivity index is 1.37. The van der Waals surface area contributed by atoms with E-state index in [1.165, 1.54) is 5.56 Å². The van der Waals surface area contributed by atoms with Crippen molar-refractivity contribution >= 4 is 27.2 Å². The molecule has 134 valence electrons. The Morgan fingerprint density at radius 3 is 2.81 bits per heavy atom. The van der Waals surface area contributed by atoms with Gasteiger partial charge < -0.3 is 10.6 Å². The Morgan fingerprint density at radius 2 is 1.89 bits per heavy atom. The molecule has 4 aromatic rings. The van der Waals surface area contributed by atoms with Gasteiger partial charge in [-0.15, -0.1) is 10.2 Å². The Bertz CT molecular complexity index is 1060. The van der Waals surface area contributed by atoms with Crippen molar-refractivity contribution in [2.75, 3.05) is 18.4 Å². The van der Waals surface area contributed by atoms with Gasteiger partial charge in [0.1, 0.15) is 5.01 Å². The van der Waals surface area contributed by atoms with E-state index in [1.54, 1.807) is 11.3 Å². The number of nitrogens with one attached hydrogen (secondary N) is 2.